The van der Waals surface area contributed by atoms with Gasteiger partial charge in [0.15, 0.2) is 0 Å². The molecule has 1 aromatic carbocycles. The molecule has 2 N–H and O–H groups in total. The van der Waals surface area contributed by atoms with Crippen molar-refractivity contribution < 1.29 is 4.79 Å². The van der Waals surface area contributed by atoms with E-state index in [1.165, 1.54) is 0 Å². The minimum Gasteiger partial charge on any atom is -0.365 e. The van der Waals surface area contributed by atoms with Crippen LogP contribution in [0.3, 0.4) is 0 Å². The number of hydrazone groups is 1. The number of amides is 1. The summed E-state index contributed by atoms with van der Waals surface area (Å²) in [5, 5.41) is 6.68. The van der Waals surface area contributed by atoms with Crippen molar-refractivity contribution >= 4 is 41.0 Å². The fourth-order valence-electron chi connectivity index (χ4n) is 1.36. The summed E-state index contributed by atoms with van der Waals surface area (Å²) in [6, 6.07) is 5.08. The summed E-state index contributed by atoms with van der Waals surface area (Å²) in [6.07, 6.45) is 1.05. The summed E-state index contributed by atoms with van der Waals surface area (Å²) in [7, 11) is 0. The largest absolute Gasteiger partial charge is 0.365 e. The SMILES string of the molecule is CC(C)(C)N(/N=C/C(N)=O)c1ccc(Cl)cc1Cl. The van der Waals surface area contributed by atoms with E-state index < -0.39 is 5.91 Å². The number of anilines is 1. The van der Waals surface area contributed by atoms with E-state index in [0.29, 0.717) is 15.7 Å². The molecule has 0 saturated heterocycles. The van der Waals surface area contributed by atoms with E-state index in [9.17, 15) is 4.79 Å². The van der Waals surface area contributed by atoms with Crippen LogP contribution in [-0.4, -0.2) is 17.7 Å². The van der Waals surface area contributed by atoms with E-state index in [1.807, 2.05) is 20.8 Å². The molecule has 0 unspecified atom stereocenters. The molecule has 6 heteroatoms. The van der Waals surface area contributed by atoms with Gasteiger partial charge in [-0.3, -0.25) is 9.80 Å². The van der Waals surface area contributed by atoms with Crippen LogP contribution in [0.15, 0.2) is 23.3 Å². The number of halogens is 2. The first-order valence-corrected chi connectivity index (χ1v) is 6.06. The Bertz CT molecular complexity index is 481. The average Bonchev–Trinajstić information content (AvgIpc) is 2.18. The van der Waals surface area contributed by atoms with Crippen molar-refractivity contribution in [3.05, 3.63) is 28.2 Å². The molecule has 0 aromatic heterocycles. The molecule has 0 fully saturated rings. The monoisotopic (exact) mass is 287 g/mol. The van der Waals surface area contributed by atoms with Crippen LogP contribution in [0, 0.1) is 0 Å². The third-order valence-electron chi connectivity index (χ3n) is 2.07. The van der Waals surface area contributed by atoms with Gasteiger partial charge in [-0.1, -0.05) is 23.2 Å². The van der Waals surface area contributed by atoms with Crippen LogP contribution in [0.5, 0.6) is 0 Å². The maximum Gasteiger partial charge on any atom is 0.261 e. The zero-order valence-corrected chi connectivity index (χ0v) is 12.0. The molecule has 0 aliphatic carbocycles. The summed E-state index contributed by atoms with van der Waals surface area (Å²) in [5.41, 5.74) is 5.36. The lowest BCUT2D eigenvalue weighted by Gasteiger charge is -2.33. The Labute approximate surface area is 116 Å². The molecule has 1 amide bonds. The van der Waals surface area contributed by atoms with Crippen molar-refractivity contribution in [3.63, 3.8) is 0 Å². The third kappa shape index (κ3) is 3.89. The molecule has 0 radical (unpaired) electrons. The first kappa shape index (κ1) is 14.8. The number of rotatable bonds is 3. The summed E-state index contributed by atoms with van der Waals surface area (Å²) in [4.78, 5) is 10.8. The van der Waals surface area contributed by atoms with Gasteiger partial charge in [-0.2, -0.15) is 5.10 Å². The van der Waals surface area contributed by atoms with E-state index in [-0.39, 0.29) is 5.54 Å². The van der Waals surface area contributed by atoms with Crippen LogP contribution in [-0.2, 0) is 4.79 Å². The molecule has 1 rings (SSSR count). The normalized spacial score (nSPS) is 11.8. The van der Waals surface area contributed by atoms with Crippen LogP contribution < -0.4 is 10.7 Å². The van der Waals surface area contributed by atoms with Crippen molar-refractivity contribution in [2.75, 3.05) is 5.01 Å². The van der Waals surface area contributed by atoms with E-state index in [0.717, 1.165) is 6.21 Å². The van der Waals surface area contributed by atoms with Crippen molar-refractivity contribution in [3.8, 4) is 0 Å². The van der Waals surface area contributed by atoms with Crippen molar-refractivity contribution in [2.24, 2.45) is 10.8 Å². The highest BCUT2D eigenvalue weighted by atomic mass is 35.5. The Hall–Kier alpha value is -1.26. The Morgan fingerprint density at radius 2 is 2.00 bits per heavy atom. The molecular weight excluding hydrogens is 273 g/mol. The fourth-order valence-corrected chi connectivity index (χ4v) is 1.85. The van der Waals surface area contributed by atoms with Crippen LogP contribution >= 0.6 is 23.2 Å². The first-order chi connectivity index (χ1) is 8.21. The molecular formula is C12H15Cl2N3O. The minimum atomic E-state index is -0.616. The zero-order valence-electron chi connectivity index (χ0n) is 10.4. The van der Waals surface area contributed by atoms with Gasteiger partial charge in [0.05, 0.1) is 16.2 Å². The molecule has 0 aliphatic rings. The molecule has 4 nitrogen and oxygen atoms in total. The average molecular weight is 288 g/mol. The van der Waals surface area contributed by atoms with E-state index in [2.05, 4.69) is 5.10 Å². The number of hydrogen-bond donors (Lipinski definition) is 1. The maximum absolute atomic E-state index is 10.8. The molecule has 0 saturated carbocycles. The van der Waals surface area contributed by atoms with Crippen molar-refractivity contribution in [2.45, 2.75) is 26.3 Å². The van der Waals surface area contributed by atoms with E-state index in [1.54, 1.807) is 23.2 Å². The number of carbonyl (C=O) groups is 1. The van der Waals surface area contributed by atoms with Crippen LogP contribution in [0.4, 0.5) is 5.69 Å². The number of nitrogens with two attached hydrogens (primary N) is 1. The second-order valence-corrected chi connectivity index (χ2v) is 5.57. The fraction of sp³-hybridized carbons (Fsp3) is 0.333. The zero-order chi connectivity index (χ0) is 13.9. The Morgan fingerprint density at radius 1 is 1.39 bits per heavy atom. The van der Waals surface area contributed by atoms with Gasteiger partial charge in [0, 0.05) is 5.02 Å². The number of nitrogens with zero attached hydrogens (tertiary/aromatic N) is 2. The smallest absolute Gasteiger partial charge is 0.261 e. The Kier molecular flexibility index (Phi) is 4.59. The van der Waals surface area contributed by atoms with Gasteiger partial charge in [-0.05, 0) is 39.0 Å². The second kappa shape index (κ2) is 5.59. The molecule has 18 heavy (non-hydrogen) atoms. The van der Waals surface area contributed by atoms with Crippen molar-refractivity contribution in [1.82, 2.24) is 0 Å². The number of carbonyl (C=O) groups excluding carboxylic acids is 1. The number of benzene rings is 1. The lowest BCUT2D eigenvalue weighted by molar-refractivity contribution is -0.111. The molecule has 0 spiro atoms. The maximum atomic E-state index is 10.8. The van der Waals surface area contributed by atoms with Gasteiger partial charge in [0.2, 0.25) is 0 Å². The van der Waals surface area contributed by atoms with Gasteiger partial charge in [0.1, 0.15) is 6.21 Å². The summed E-state index contributed by atoms with van der Waals surface area (Å²) >= 11 is 12.0. The molecule has 98 valence electrons. The molecule has 0 aliphatic heterocycles. The van der Waals surface area contributed by atoms with Crippen molar-refractivity contribution in [1.29, 1.82) is 0 Å². The predicted molar refractivity (Wildman–Crippen MR) is 76.4 cm³/mol. The summed E-state index contributed by atoms with van der Waals surface area (Å²) < 4.78 is 0. The van der Waals surface area contributed by atoms with Crippen LogP contribution in [0.25, 0.3) is 0 Å². The van der Waals surface area contributed by atoms with Gasteiger partial charge in [-0.25, -0.2) is 0 Å². The molecule has 0 heterocycles. The van der Waals surface area contributed by atoms with E-state index in [4.69, 9.17) is 28.9 Å². The van der Waals surface area contributed by atoms with Crippen LogP contribution in [0.1, 0.15) is 20.8 Å². The minimum absolute atomic E-state index is 0.358. The van der Waals surface area contributed by atoms with Gasteiger partial charge >= 0.3 is 0 Å². The Morgan fingerprint density at radius 3 is 2.44 bits per heavy atom. The lowest BCUT2D eigenvalue weighted by atomic mass is 10.1. The summed E-state index contributed by atoms with van der Waals surface area (Å²) in [5.74, 6) is -0.616. The van der Waals surface area contributed by atoms with Crippen LogP contribution in [0.2, 0.25) is 10.0 Å². The highest BCUT2D eigenvalue weighted by Crippen LogP contribution is 2.33. The molecule has 0 atom stereocenters. The second-order valence-electron chi connectivity index (χ2n) is 4.73. The van der Waals surface area contributed by atoms with E-state index >= 15 is 0 Å². The highest BCUT2D eigenvalue weighted by Gasteiger charge is 2.23. The van der Waals surface area contributed by atoms with Gasteiger partial charge < -0.3 is 5.73 Å². The number of primary amides is 1. The quantitative estimate of drug-likeness (QED) is 0.686. The predicted octanol–water partition coefficient (Wildman–Crippen LogP) is 3.07. The van der Waals surface area contributed by atoms with Gasteiger partial charge in [0.25, 0.3) is 5.91 Å². The van der Waals surface area contributed by atoms with Gasteiger partial charge in [-0.15, -0.1) is 0 Å². The third-order valence-corrected chi connectivity index (χ3v) is 2.61. The molecule has 1 aromatic rings. The standard InChI is InChI=1S/C12H15Cl2N3O/c1-12(2,3)17(16-7-11(15)18)10-5-4-8(13)6-9(10)14/h4-7H,1-3H3,(H2,15,18)/b16-7+. The highest BCUT2D eigenvalue weighted by molar-refractivity contribution is 6.36. The first-order valence-electron chi connectivity index (χ1n) is 5.30. The number of hydrogen-bond acceptors (Lipinski definition) is 3. The topological polar surface area (TPSA) is 58.7 Å². The Balaban J connectivity index is 3.22. The molecule has 0 bridgehead atoms. The summed E-state index contributed by atoms with van der Waals surface area (Å²) in [6.45, 7) is 5.82. The lowest BCUT2D eigenvalue weighted by Crippen LogP contribution is -2.38.